The van der Waals surface area contributed by atoms with E-state index in [1.165, 1.54) is 12.1 Å². The molecule has 0 aliphatic carbocycles. The van der Waals surface area contributed by atoms with Crippen LogP contribution in [0, 0.1) is 6.92 Å². The normalized spacial score (nSPS) is 11.6. The molecule has 21 heavy (non-hydrogen) atoms. The van der Waals surface area contributed by atoms with E-state index in [9.17, 15) is 8.42 Å². The van der Waals surface area contributed by atoms with Crippen molar-refractivity contribution in [2.24, 2.45) is 0 Å². The minimum absolute atomic E-state index is 0.0552. The monoisotopic (exact) mass is 408 g/mol. The highest BCUT2D eigenvalue weighted by atomic mass is 79.9. The molecule has 1 aromatic carbocycles. The second kappa shape index (κ2) is 6.62. The predicted octanol–water partition coefficient (Wildman–Crippen LogP) is 3.94. The van der Waals surface area contributed by atoms with Gasteiger partial charge in [-0.15, -0.1) is 0 Å². The molecule has 2 rings (SSSR count). The number of hydrogen-bond acceptors (Lipinski definition) is 3. The van der Waals surface area contributed by atoms with Crippen LogP contribution in [-0.4, -0.2) is 13.4 Å². The summed E-state index contributed by atoms with van der Waals surface area (Å²) < 4.78 is 27.8. The van der Waals surface area contributed by atoms with Gasteiger partial charge in [0.1, 0.15) is 4.90 Å². The molecular formula is C13H11BrCl2N2O2S. The van der Waals surface area contributed by atoms with E-state index >= 15 is 0 Å². The smallest absolute Gasteiger partial charge is 0.243 e. The molecule has 112 valence electrons. The van der Waals surface area contributed by atoms with Crippen LogP contribution >= 0.6 is 39.1 Å². The number of nitrogens with one attached hydrogen (secondary N) is 1. The Labute approximate surface area is 141 Å². The fourth-order valence-corrected chi connectivity index (χ4v) is 4.64. The van der Waals surface area contributed by atoms with E-state index in [0.29, 0.717) is 10.2 Å². The SMILES string of the molecule is Cc1cccnc1CNS(=O)(=O)c1c(Cl)cc(Br)cc1Cl. The lowest BCUT2D eigenvalue weighted by atomic mass is 10.2. The van der Waals surface area contributed by atoms with Gasteiger partial charge in [-0.25, -0.2) is 13.1 Å². The number of sulfonamides is 1. The lowest BCUT2D eigenvalue weighted by Gasteiger charge is -2.11. The zero-order chi connectivity index (χ0) is 15.6. The van der Waals surface area contributed by atoms with Crippen LogP contribution in [0.5, 0.6) is 0 Å². The standard InChI is InChI=1S/C13H11BrCl2N2O2S/c1-8-3-2-4-17-12(8)7-18-21(19,20)13-10(15)5-9(14)6-11(13)16/h2-6,18H,7H2,1H3. The third-order valence-electron chi connectivity index (χ3n) is 2.78. The molecule has 0 bridgehead atoms. The Morgan fingerprint density at radius 2 is 1.90 bits per heavy atom. The van der Waals surface area contributed by atoms with E-state index in [1.54, 1.807) is 12.3 Å². The van der Waals surface area contributed by atoms with Crippen molar-refractivity contribution in [1.29, 1.82) is 0 Å². The highest BCUT2D eigenvalue weighted by Gasteiger charge is 2.22. The average molecular weight is 410 g/mol. The molecule has 1 N–H and O–H groups in total. The molecule has 0 aliphatic heterocycles. The van der Waals surface area contributed by atoms with Crippen LogP contribution in [-0.2, 0) is 16.6 Å². The molecule has 8 heteroatoms. The van der Waals surface area contributed by atoms with Gasteiger partial charge in [0, 0.05) is 10.7 Å². The summed E-state index contributed by atoms with van der Waals surface area (Å²) in [5, 5.41) is 0.110. The first-order valence-electron chi connectivity index (χ1n) is 5.86. The molecule has 1 aromatic heterocycles. The number of nitrogens with zero attached hydrogens (tertiary/aromatic N) is 1. The number of pyridine rings is 1. The summed E-state index contributed by atoms with van der Waals surface area (Å²) in [7, 11) is -3.83. The average Bonchev–Trinajstić information content (AvgIpc) is 2.36. The molecule has 4 nitrogen and oxygen atoms in total. The number of aromatic nitrogens is 1. The van der Waals surface area contributed by atoms with Crippen LogP contribution in [0.2, 0.25) is 10.0 Å². The molecule has 0 atom stereocenters. The van der Waals surface area contributed by atoms with Crippen molar-refractivity contribution in [3.05, 3.63) is 56.2 Å². The van der Waals surface area contributed by atoms with Gasteiger partial charge in [-0.1, -0.05) is 45.2 Å². The third kappa shape index (κ3) is 3.96. The minimum atomic E-state index is -3.83. The van der Waals surface area contributed by atoms with Gasteiger partial charge in [0.05, 0.1) is 22.3 Å². The largest absolute Gasteiger partial charge is 0.260 e. The zero-order valence-electron chi connectivity index (χ0n) is 10.9. The first-order valence-corrected chi connectivity index (χ1v) is 8.89. The Morgan fingerprint density at radius 3 is 2.48 bits per heavy atom. The van der Waals surface area contributed by atoms with Crippen molar-refractivity contribution in [3.8, 4) is 0 Å². The summed E-state index contributed by atoms with van der Waals surface area (Å²) in [6.07, 6.45) is 1.61. The van der Waals surface area contributed by atoms with Gasteiger partial charge in [-0.05, 0) is 30.7 Å². The predicted molar refractivity (Wildman–Crippen MR) is 87.2 cm³/mol. The Bertz CT molecular complexity index is 758. The number of hydrogen-bond donors (Lipinski definition) is 1. The van der Waals surface area contributed by atoms with Crippen molar-refractivity contribution in [1.82, 2.24) is 9.71 Å². The fraction of sp³-hybridized carbons (Fsp3) is 0.154. The Hall–Kier alpha value is -0.660. The molecule has 1 heterocycles. The van der Waals surface area contributed by atoms with Crippen molar-refractivity contribution in [2.45, 2.75) is 18.4 Å². The number of rotatable bonds is 4. The van der Waals surface area contributed by atoms with Crippen molar-refractivity contribution >= 4 is 49.2 Å². The summed E-state index contributed by atoms with van der Waals surface area (Å²) in [5.74, 6) is 0. The molecule has 0 saturated carbocycles. The summed E-state index contributed by atoms with van der Waals surface area (Å²) in [6, 6.07) is 6.61. The van der Waals surface area contributed by atoms with Crippen LogP contribution < -0.4 is 4.72 Å². The van der Waals surface area contributed by atoms with E-state index in [2.05, 4.69) is 25.6 Å². The van der Waals surface area contributed by atoms with Gasteiger partial charge >= 0.3 is 0 Å². The van der Waals surface area contributed by atoms with E-state index in [1.807, 2.05) is 13.0 Å². The zero-order valence-corrected chi connectivity index (χ0v) is 14.8. The highest BCUT2D eigenvalue weighted by Crippen LogP contribution is 2.32. The number of halogens is 3. The maximum atomic E-state index is 12.3. The van der Waals surface area contributed by atoms with Crippen LogP contribution in [0.3, 0.4) is 0 Å². The fourth-order valence-electron chi connectivity index (χ4n) is 1.72. The molecule has 0 radical (unpaired) electrons. The van der Waals surface area contributed by atoms with Crippen LogP contribution in [0.15, 0.2) is 39.8 Å². The quantitative estimate of drug-likeness (QED) is 0.831. The molecule has 0 amide bonds. The third-order valence-corrected chi connectivity index (χ3v) is 5.56. The summed E-state index contributed by atoms with van der Waals surface area (Å²) in [5.41, 5.74) is 1.54. The first-order chi connectivity index (χ1) is 9.81. The highest BCUT2D eigenvalue weighted by molar-refractivity contribution is 9.10. The van der Waals surface area contributed by atoms with Gasteiger partial charge in [0.15, 0.2) is 0 Å². The first kappa shape index (κ1) is 16.7. The van der Waals surface area contributed by atoms with E-state index in [0.717, 1.165) is 5.56 Å². The summed E-state index contributed by atoms with van der Waals surface area (Å²) in [6.45, 7) is 1.92. The van der Waals surface area contributed by atoms with E-state index < -0.39 is 10.0 Å². The van der Waals surface area contributed by atoms with Gasteiger partial charge in [-0.3, -0.25) is 4.98 Å². The van der Waals surface area contributed by atoms with E-state index in [4.69, 9.17) is 23.2 Å². The molecular weight excluding hydrogens is 399 g/mol. The topological polar surface area (TPSA) is 59.1 Å². The number of aryl methyl sites for hydroxylation is 1. The molecule has 0 spiro atoms. The lowest BCUT2D eigenvalue weighted by molar-refractivity contribution is 0.580. The lowest BCUT2D eigenvalue weighted by Crippen LogP contribution is -2.24. The van der Waals surface area contributed by atoms with Crippen molar-refractivity contribution in [3.63, 3.8) is 0 Å². The maximum absolute atomic E-state index is 12.3. The molecule has 0 aliphatic rings. The Kier molecular flexibility index (Phi) is 5.27. The van der Waals surface area contributed by atoms with E-state index in [-0.39, 0.29) is 21.5 Å². The molecule has 0 saturated heterocycles. The number of benzene rings is 1. The summed E-state index contributed by atoms with van der Waals surface area (Å²) in [4.78, 5) is 4.00. The van der Waals surface area contributed by atoms with Crippen LogP contribution in [0.25, 0.3) is 0 Å². The Balaban J connectivity index is 2.30. The minimum Gasteiger partial charge on any atom is -0.260 e. The summed E-state index contributed by atoms with van der Waals surface area (Å²) >= 11 is 15.2. The van der Waals surface area contributed by atoms with Gasteiger partial charge in [0.25, 0.3) is 0 Å². The van der Waals surface area contributed by atoms with Crippen LogP contribution in [0.4, 0.5) is 0 Å². The van der Waals surface area contributed by atoms with Crippen molar-refractivity contribution < 1.29 is 8.42 Å². The second-order valence-electron chi connectivity index (χ2n) is 4.29. The van der Waals surface area contributed by atoms with Crippen molar-refractivity contribution in [2.75, 3.05) is 0 Å². The van der Waals surface area contributed by atoms with Crippen LogP contribution in [0.1, 0.15) is 11.3 Å². The van der Waals surface area contributed by atoms with Gasteiger partial charge in [-0.2, -0.15) is 0 Å². The molecule has 0 unspecified atom stereocenters. The second-order valence-corrected chi connectivity index (χ2v) is 7.72. The molecule has 0 fully saturated rings. The molecule has 2 aromatic rings. The Morgan fingerprint density at radius 1 is 1.29 bits per heavy atom. The maximum Gasteiger partial charge on any atom is 0.243 e. The van der Waals surface area contributed by atoms with Gasteiger partial charge in [0.2, 0.25) is 10.0 Å². The van der Waals surface area contributed by atoms with Gasteiger partial charge < -0.3 is 0 Å².